The first-order valence-corrected chi connectivity index (χ1v) is 16.1. The van der Waals surface area contributed by atoms with Gasteiger partial charge in [0.05, 0.1) is 24.5 Å². The number of fused-ring (bicyclic) bond motifs is 5. The van der Waals surface area contributed by atoms with Crippen molar-refractivity contribution in [2.24, 2.45) is 46.3 Å². The maximum Gasteiger partial charge on any atom is 0.350 e. The molecule has 5 rings (SSSR count). The van der Waals surface area contributed by atoms with E-state index in [2.05, 4.69) is 31.1 Å². The Morgan fingerprint density at radius 2 is 1.82 bits per heavy atom. The maximum atomic E-state index is 12.8. The van der Waals surface area contributed by atoms with Gasteiger partial charge in [-0.2, -0.15) is 0 Å². The number of rotatable bonds is 7. The van der Waals surface area contributed by atoms with Crippen LogP contribution in [-0.4, -0.2) is 45.9 Å². The molecule has 0 saturated heterocycles. The van der Waals surface area contributed by atoms with Crippen LogP contribution in [0.3, 0.4) is 0 Å². The lowest BCUT2D eigenvalue weighted by Crippen LogP contribution is -2.58. The van der Waals surface area contributed by atoms with Gasteiger partial charge in [-0.3, -0.25) is 4.79 Å². The number of hydrogen-bond donors (Lipinski definition) is 3. The van der Waals surface area contributed by atoms with Crippen molar-refractivity contribution in [3.8, 4) is 0 Å². The molecule has 4 aliphatic rings. The van der Waals surface area contributed by atoms with Crippen LogP contribution in [-0.2, 0) is 9.53 Å². The molecule has 1 aromatic heterocycles. The molecule has 8 heteroatoms. The number of aryl methyl sites for hydroxylation is 1. The highest BCUT2D eigenvalue weighted by Gasteiger charge is 2.62. The molecule has 218 valence electrons. The van der Waals surface area contributed by atoms with Crippen molar-refractivity contribution in [2.45, 2.75) is 111 Å². The van der Waals surface area contributed by atoms with E-state index in [1.165, 1.54) is 37.0 Å². The van der Waals surface area contributed by atoms with Gasteiger partial charge in [0.25, 0.3) is 0 Å². The summed E-state index contributed by atoms with van der Waals surface area (Å²) < 4.78 is 5.08. The highest BCUT2D eigenvalue weighted by Crippen LogP contribution is 2.68. The Balaban J connectivity index is 1.20. The fourth-order valence-electron chi connectivity index (χ4n) is 9.75. The number of carbonyl (C=O) groups excluding carboxylic acids is 2. The van der Waals surface area contributed by atoms with Crippen molar-refractivity contribution < 1.29 is 24.5 Å². The number of nitrogens with one attached hydrogen (secondary N) is 1. The summed E-state index contributed by atoms with van der Waals surface area (Å²) in [4.78, 5) is 29.7. The van der Waals surface area contributed by atoms with Crippen LogP contribution in [0.4, 0.5) is 5.13 Å². The van der Waals surface area contributed by atoms with Crippen LogP contribution in [0.5, 0.6) is 0 Å². The summed E-state index contributed by atoms with van der Waals surface area (Å²) in [5.41, 5.74) is 1.03. The molecule has 10 atom stereocenters. The number of nitrogens with zero attached hydrogens (tertiary/aromatic N) is 1. The van der Waals surface area contributed by atoms with Crippen molar-refractivity contribution in [3.05, 3.63) is 10.6 Å². The number of amides is 1. The van der Waals surface area contributed by atoms with Gasteiger partial charge in [0, 0.05) is 6.42 Å². The summed E-state index contributed by atoms with van der Waals surface area (Å²) in [6.07, 6.45) is 9.21. The minimum atomic E-state index is -0.394. The summed E-state index contributed by atoms with van der Waals surface area (Å²) in [5, 5.41) is 25.1. The number of anilines is 1. The first kappa shape index (κ1) is 29.0. The van der Waals surface area contributed by atoms with Crippen LogP contribution < -0.4 is 5.32 Å². The van der Waals surface area contributed by atoms with E-state index in [0.717, 1.165) is 32.1 Å². The molecular formula is C31H48N2O5S. The number of esters is 1. The van der Waals surface area contributed by atoms with Crippen LogP contribution in [0.15, 0.2) is 0 Å². The summed E-state index contributed by atoms with van der Waals surface area (Å²) >= 11 is 1.17. The zero-order chi connectivity index (χ0) is 28.1. The van der Waals surface area contributed by atoms with Crippen LogP contribution in [0.2, 0.25) is 0 Å². The van der Waals surface area contributed by atoms with E-state index in [1.807, 2.05) is 0 Å². The number of aliphatic hydroxyl groups is 2. The van der Waals surface area contributed by atoms with Crippen LogP contribution in [0, 0.1) is 53.3 Å². The van der Waals surface area contributed by atoms with Crippen LogP contribution in [0.1, 0.15) is 107 Å². The van der Waals surface area contributed by atoms with Gasteiger partial charge < -0.3 is 20.3 Å². The molecule has 39 heavy (non-hydrogen) atoms. The monoisotopic (exact) mass is 560 g/mol. The van der Waals surface area contributed by atoms with E-state index < -0.39 is 5.97 Å². The third-order valence-electron chi connectivity index (χ3n) is 11.7. The average Bonchev–Trinajstić information content (AvgIpc) is 3.43. The largest absolute Gasteiger partial charge is 0.462 e. The molecule has 4 saturated carbocycles. The predicted octanol–water partition coefficient (Wildman–Crippen LogP) is 5.97. The lowest BCUT2D eigenvalue weighted by atomic mass is 9.43. The van der Waals surface area contributed by atoms with Gasteiger partial charge in [-0.25, -0.2) is 9.78 Å². The minimum Gasteiger partial charge on any atom is -0.462 e. The normalized spacial score (nSPS) is 40.2. The first-order chi connectivity index (χ1) is 18.5. The van der Waals surface area contributed by atoms with E-state index in [4.69, 9.17) is 4.74 Å². The van der Waals surface area contributed by atoms with Gasteiger partial charge in [-0.1, -0.05) is 32.1 Å². The molecule has 0 aromatic carbocycles. The lowest BCUT2D eigenvalue weighted by Gasteiger charge is -2.62. The highest BCUT2D eigenvalue weighted by molar-refractivity contribution is 7.17. The second-order valence-electron chi connectivity index (χ2n) is 13.7. The Morgan fingerprint density at radius 3 is 2.56 bits per heavy atom. The average molecular weight is 561 g/mol. The van der Waals surface area contributed by atoms with E-state index in [-0.39, 0.29) is 28.9 Å². The second kappa shape index (κ2) is 11.1. The fraction of sp³-hybridized carbons (Fsp3) is 0.839. The van der Waals surface area contributed by atoms with Gasteiger partial charge in [-0.15, -0.1) is 0 Å². The van der Waals surface area contributed by atoms with Crippen molar-refractivity contribution >= 4 is 28.3 Å². The quantitative estimate of drug-likeness (QED) is 0.354. The predicted molar refractivity (Wildman–Crippen MR) is 152 cm³/mol. The molecule has 4 fully saturated rings. The number of aliphatic hydroxyl groups excluding tert-OH is 2. The molecule has 4 aliphatic carbocycles. The number of hydrogen-bond acceptors (Lipinski definition) is 7. The fourth-order valence-corrected chi connectivity index (χ4v) is 10.6. The Morgan fingerprint density at radius 1 is 1.10 bits per heavy atom. The van der Waals surface area contributed by atoms with Crippen molar-refractivity contribution in [3.63, 3.8) is 0 Å². The van der Waals surface area contributed by atoms with Gasteiger partial charge in [0.2, 0.25) is 5.91 Å². The molecule has 1 aromatic rings. The summed E-state index contributed by atoms with van der Waals surface area (Å²) in [6.45, 7) is 11.1. The third-order valence-corrected chi connectivity index (χ3v) is 12.8. The van der Waals surface area contributed by atoms with Gasteiger partial charge in [0.1, 0.15) is 4.88 Å². The molecule has 0 spiro atoms. The zero-order valence-corrected chi connectivity index (χ0v) is 25.2. The Labute approximate surface area is 237 Å². The zero-order valence-electron chi connectivity index (χ0n) is 24.4. The summed E-state index contributed by atoms with van der Waals surface area (Å²) in [6, 6.07) is 0. The lowest BCUT2D eigenvalue weighted by molar-refractivity contribution is -0.174. The molecular weight excluding hydrogens is 512 g/mol. The molecule has 0 aliphatic heterocycles. The van der Waals surface area contributed by atoms with Crippen molar-refractivity contribution in [1.29, 1.82) is 0 Å². The van der Waals surface area contributed by atoms with Gasteiger partial charge >= 0.3 is 5.97 Å². The summed E-state index contributed by atoms with van der Waals surface area (Å²) in [7, 11) is 0. The SMILES string of the molecule is CCOC(=O)c1sc(NC(=O)CC[C@@H](C)[C@H]2CC[C@H]3[C@@H]4[C@@H](O)C[C@@H]5C[C@H](O)CC[C@]5(C)[C@H]4CC[C@]23C)nc1C. The van der Waals surface area contributed by atoms with Crippen molar-refractivity contribution in [1.82, 2.24) is 4.98 Å². The minimum absolute atomic E-state index is 0.0597. The van der Waals surface area contributed by atoms with Gasteiger partial charge in [0.15, 0.2) is 5.13 Å². The topological polar surface area (TPSA) is 109 Å². The van der Waals surface area contributed by atoms with Crippen LogP contribution >= 0.6 is 11.3 Å². The summed E-state index contributed by atoms with van der Waals surface area (Å²) in [5.74, 6) is 2.41. The molecule has 1 amide bonds. The molecule has 1 heterocycles. The molecule has 0 radical (unpaired) electrons. The van der Waals surface area contributed by atoms with E-state index >= 15 is 0 Å². The van der Waals surface area contributed by atoms with Gasteiger partial charge in [-0.05, 0) is 118 Å². The van der Waals surface area contributed by atoms with E-state index in [0.29, 0.717) is 64.2 Å². The molecule has 3 N–H and O–H groups in total. The Hall–Kier alpha value is -1.51. The van der Waals surface area contributed by atoms with E-state index in [1.54, 1.807) is 13.8 Å². The van der Waals surface area contributed by atoms with E-state index in [9.17, 15) is 19.8 Å². The molecule has 0 unspecified atom stereocenters. The molecule has 7 nitrogen and oxygen atoms in total. The van der Waals surface area contributed by atoms with Crippen molar-refractivity contribution in [2.75, 3.05) is 11.9 Å². The Kier molecular flexibility index (Phi) is 8.22. The number of thiazole rings is 1. The Bertz CT molecular complexity index is 1080. The smallest absolute Gasteiger partial charge is 0.350 e. The molecule has 0 bridgehead atoms. The highest BCUT2D eigenvalue weighted by atomic mass is 32.1. The standard InChI is InChI=1S/C31H48N2O5S/c1-6-38-28(37)27-18(3)32-29(39-27)33-25(36)10-7-17(2)21-8-9-22-26-23(12-14-31(21,22)5)30(4)13-11-20(34)15-19(30)16-24(26)35/h17,19-24,26,34-35H,6-16H2,1-5H3,(H,32,33,36)/t17-,19+,20-,21-,22+,23+,24+,26+,30+,31-/m1/s1. The maximum absolute atomic E-state index is 12.8. The second-order valence-corrected chi connectivity index (χ2v) is 14.7. The number of carbonyl (C=O) groups is 2. The van der Waals surface area contributed by atoms with Crippen LogP contribution in [0.25, 0.3) is 0 Å². The number of ether oxygens (including phenoxy) is 1. The first-order valence-electron chi connectivity index (χ1n) is 15.3. The third kappa shape index (κ3) is 5.19. The number of aromatic nitrogens is 1.